The van der Waals surface area contributed by atoms with Crippen LogP contribution in [-0.4, -0.2) is 51.9 Å². The molecule has 0 aromatic heterocycles. The molecule has 1 atom stereocenters. The molecule has 0 saturated carbocycles. The first kappa shape index (κ1) is 18.9. The normalized spacial score (nSPS) is 20.4. The molecule has 132 valence electrons. The van der Waals surface area contributed by atoms with Crippen molar-refractivity contribution >= 4 is 34.5 Å². The number of hydrogen-bond acceptors (Lipinski definition) is 5. The van der Waals surface area contributed by atoms with Crippen LogP contribution >= 0.6 is 24.0 Å². The van der Waals surface area contributed by atoms with Crippen LogP contribution in [0.15, 0.2) is 18.2 Å². The van der Waals surface area contributed by atoms with E-state index in [1.165, 1.54) is 0 Å². The van der Waals surface area contributed by atoms with E-state index >= 15 is 0 Å². The second-order valence-electron chi connectivity index (χ2n) is 6.14. The van der Waals surface area contributed by atoms with E-state index in [9.17, 15) is 5.21 Å². The van der Waals surface area contributed by atoms with Crippen molar-refractivity contribution in [2.75, 3.05) is 20.8 Å². The molecule has 0 amide bonds. The Morgan fingerprint density at radius 2 is 2.00 bits per heavy atom. The van der Waals surface area contributed by atoms with E-state index in [0.29, 0.717) is 11.5 Å². The fourth-order valence-electron chi connectivity index (χ4n) is 2.86. The third kappa shape index (κ3) is 3.78. The van der Waals surface area contributed by atoms with Gasteiger partial charge in [-0.1, -0.05) is 30.9 Å². The van der Waals surface area contributed by atoms with Crippen LogP contribution in [0.25, 0.3) is 0 Å². The van der Waals surface area contributed by atoms with Crippen LogP contribution in [-0.2, 0) is 0 Å². The summed E-state index contributed by atoms with van der Waals surface area (Å²) >= 11 is 7.04. The van der Waals surface area contributed by atoms with Gasteiger partial charge in [-0.3, -0.25) is 4.90 Å². The molecule has 0 radical (unpaired) electrons. The maximum absolute atomic E-state index is 12.9. The highest BCUT2D eigenvalue weighted by molar-refractivity contribution is 8.24. The van der Waals surface area contributed by atoms with Gasteiger partial charge in [-0.15, -0.1) is 0 Å². The van der Waals surface area contributed by atoms with E-state index in [1.54, 1.807) is 44.3 Å². The monoisotopic (exact) mass is 368 g/mol. The summed E-state index contributed by atoms with van der Waals surface area (Å²) in [5.74, 6) is 1.23. The summed E-state index contributed by atoms with van der Waals surface area (Å²) in [6.07, 6.45) is 2.20. The minimum atomic E-state index is -0.331. The van der Waals surface area contributed by atoms with Crippen LogP contribution in [0.5, 0.6) is 11.5 Å². The smallest absolute Gasteiger partial charge is 0.254 e. The molecule has 5 nitrogen and oxygen atoms in total. The number of hydroxylamine groups is 1. The Morgan fingerprint density at radius 1 is 1.33 bits per heavy atom. The second kappa shape index (κ2) is 7.61. The standard InChI is InChI=1S/C17H24N2O3S2/c1-6-9-18-15(17(2,3)24-16(18)23)19(20)11-12-7-8-13(21-4)14(10-12)22-5/h7-8,10-11,15H,6,9H2,1-5H3/b19-11-/t15-/m0/s1. The lowest BCUT2D eigenvalue weighted by atomic mass is 10.1. The predicted molar refractivity (Wildman–Crippen MR) is 103 cm³/mol. The fraction of sp³-hybridized carbons (Fsp3) is 0.529. The molecular formula is C17H24N2O3S2. The van der Waals surface area contributed by atoms with E-state index in [4.69, 9.17) is 21.7 Å². The van der Waals surface area contributed by atoms with Crippen molar-refractivity contribution in [3.8, 4) is 11.5 Å². The number of nitrogens with zero attached hydrogens (tertiary/aromatic N) is 2. The van der Waals surface area contributed by atoms with Gasteiger partial charge in [0.25, 0.3) is 6.17 Å². The molecule has 0 aliphatic carbocycles. The summed E-state index contributed by atoms with van der Waals surface area (Å²) in [5, 5.41) is 12.9. The molecule has 1 fully saturated rings. The summed E-state index contributed by atoms with van der Waals surface area (Å²) in [6.45, 7) is 6.97. The molecule has 24 heavy (non-hydrogen) atoms. The molecule has 0 spiro atoms. The summed E-state index contributed by atoms with van der Waals surface area (Å²) in [6, 6.07) is 5.42. The van der Waals surface area contributed by atoms with Crippen molar-refractivity contribution in [1.82, 2.24) is 4.90 Å². The first-order chi connectivity index (χ1) is 11.3. The van der Waals surface area contributed by atoms with Gasteiger partial charge in [-0.05, 0) is 38.5 Å². The van der Waals surface area contributed by atoms with Gasteiger partial charge in [-0.2, -0.15) is 4.74 Å². The molecule has 1 heterocycles. The van der Waals surface area contributed by atoms with Crippen molar-refractivity contribution in [1.29, 1.82) is 0 Å². The fourth-order valence-corrected chi connectivity index (χ4v) is 4.79. The van der Waals surface area contributed by atoms with Crippen molar-refractivity contribution in [2.24, 2.45) is 0 Å². The summed E-state index contributed by atoms with van der Waals surface area (Å²) in [5.41, 5.74) is 0.762. The molecule has 0 N–H and O–H groups in total. The van der Waals surface area contributed by atoms with E-state index < -0.39 is 0 Å². The average Bonchev–Trinajstić information content (AvgIpc) is 2.76. The summed E-state index contributed by atoms with van der Waals surface area (Å²) in [7, 11) is 3.16. The SMILES string of the molecule is CCCN1C(=S)SC(C)(C)[C@@H]1/[N+]([O-])=C/c1ccc(OC)c(OC)c1. The number of ether oxygens (including phenoxy) is 2. The zero-order valence-corrected chi connectivity index (χ0v) is 16.4. The quantitative estimate of drug-likeness (QED) is 0.252. The Bertz CT molecular complexity index is 647. The van der Waals surface area contributed by atoms with Crippen molar-refractivity contribution in [3.05, 3.63) is 29.0 Å². The third-order valence-corrected chi connectivity index (χ3v) is 5.52. The number of hydrogen-bond donors (Lipinski definition) is 0. The van der Waals surface area contributed by atoms with E-state index in [1.807, 2.05) is 11.0 Å². The van der Waals surface area contributed by atoms with Crippen LogP contribution in [0, 0.1) is 5.21 Å². The zero-order valence-electron chi connectivity index (χ0n) is 14.7. The summed E-state index contributed by atoms with van der Waals surface area (Å²) in [4.78, 5) is 2.02. The molecular weight excluding hydrogens is 344 g/mol. The Labute approximate surface area is 153 Å². The lowest BCUT2D eigenvalue weighted by Gasteiger charge is -2.29. The molecule has 1 aromatic rings. The largest absolute Gasteiger partial charge is 0.622 e. The minimum absolute atomic E-state index is 0.277. The lowest BCUT2D eigenvalue weighted by Crippen LogP contribution is -2.48. The first-order valence-electron chi connectivity index (χ1n) is 7.86. The zero-order chi connectivity index (χ0) is 17.9. The maximum Gasteiger partial charge on any atom is 0.254 e. The number of thioether (sulfide) groups is 1. The molecule has 2 rings (SSSR count). The topological polar surface area (TPSA) is 47.8 Å². The van der Waals surface area contributed by atoms with Crippen LogP contribution in [0.2, 0.25) is 0 Å². The van der Waals surface area contributed by atoms with Gasteiger partial charge in [0.1, 0.15) is 9.07 Å². The molecule has 0 bridgehead atoms. The van der Waals surface area contributed by atoms with Gasteiger partial charge in [0.05, 0.1) is 14.2 Å². The summed E-state index contributed by atoms with van der Waals surface area (Å²) < 4.78 is 12.0. The third-order valence-electron chi connectivity index (χ3n) is 3.89. The van der Waals surface area contributed by atoms with Gasteiger partial charge in [0.2, 0.25) is 0 Å². The second-order valence-corrected chi connectivity index (χ2v) is 8.43. The van der Waals surface area contributed by atoms with Crippen molar-refractivity contribution < 1.29 is 14.2 Å². The number of methoxy groups -OCH3 is 2. The average molecular weight is 369 g/mol. The first-order valence-corrected chi connectivity index (χ1v) is 9.08. The number of thiocarbonyl (C=S) groups is 1. The van der Waals surface area contributed by atoms with Crippen molar-refractivity contribution in [3.63, 3.8) is 0 Å². The molecule has 1 aliphatic heterocycles. The molecule has 1 saturated heterocycles. The van der Waals surface area contributed by atoms with Gasteiger partial charge < -0.3 is 14.7 Å². The van der Waals surface area contributed by atoms with Crippen LogP contribution in [0.3, 0.4) is 0 Å². The number of benzene rings is 1. The molecule has 0 unspecified atom stereocenters. The van der Waals surface area contributed by atoms with Gasteiger partial charge in [0, 0.05) is 12.1 Å². The Hall–Kier alpha value is -1.47. The Morgan fingerprint density at radius 3 is 2.58 bits per heavy atom. The van der Waals surface area contributed by atoms with Gasteiger partial charge in [0.15, 0.2) is 17.7 Å². The highest BCUT2D eigenvalue weighted by Gasteiger charge is 2.49. The highest BCUT2D eigenvalue weighted by Crippen LogP contribution is 2.41. The van der Waals surface area contributed by atoms with E-state index in [2.05, 4.69) is 20.8 Å². The van der Waals surface area contributed by atoms with E-state index in [0.717, 1.165) is 27.6 Å². The molecule has 1 aromatic carbocycles. The van der Waals surface area contributed by atoms with Crippen LogP contribution < -0.4 is 9.47 Å². The maximum atomic E-state index is 12.9. The van der Waals surface area contributed by atoms with Gasteiger partial charge >= 0.3 is 0 Å². The van der Waals surface area contributed by atoms with Gasteiger partial charge in [-0.25, -0.2) is 0 Å². The van der Waals surface area contributed by atoms with Crippen LogP contribution in [0.4, 0.5) is 0 Å². The van der Waals surface area contributed by atoms with Crippen LogP contribution in [0.1, 0.15) is 32.8 Å². The molecule has 1 aliphatic rings. The Kier molecular flexibility index (Phi) is 5.98. The number of rotatable bonds is 6. The minimum Gasteiger partial charge on any atom is -0.622 e. The Balaban J connectivity index is 2.36. The lowest BCUT2D eigenvalue weighted by molar-refractivity contribution is -0.523. The highest BCUT2D eigenvalue weighted by atomic mass is 32.2. The predicted octanol–water partition coefficient (Wildman–Crippen LogP) is 3.48. The van der Waals surface area contributed by atoms with Crippen molar-refractivity contribution in [2.45, 2.75) is 38.1 Å². The molecule has 7 heteroatoms. The van der Waals surface area contributed by atoms with E-state index in [-0.39, 0.29) is 10.9 Å².